The molecule has 0 heterocycles. The van der Waals surface area contributed by atoms with Crippen molar-refractivity contribution in [3.8, 4) is 6.07 Å². The van der Waals surface area contributed by atoms with Crippen LogP contribution in [0.3, 0.4) is 0 Å². The maximum atomic E-state index is 11.2. The number of nitriles is 1. The highest BCUT2D eigenvalue weighted by Crippen LogP contribution is 2.23. The van der Waals surface area contributed by atoms with E-state index < -0.39 is 0 Å². The van der Waals surface area contributed by atoms with Crippen LogP contribution in [0.5, 0.6) is 0 Å². The monoisotopic (exact) mass is 250 g/mol. The summed E-state index contributed by atoms with van der Waals surface area (Å²) >= 11 is 6.03. The normalized spacial score (nSPS) is 11.7. The van der Waals surface area contributed by atoms with Crippen LogP contribution in [-0.4, -0.2) is 19.4 Å². The van der Waals surface area contributed by atoms with E-state index in [1.165, 1.54) is 6.92 Å². The second-order valence-electron chi connectivity index (χ2n) is 4.13. The Balaban J connectivity index is 2.90. The molecule has 0 amide bonds. The smallest absolute Gasteiger partial charge is 0.161 e. The molecule has 0 aliphatic carbocycles. The molecular formula is C13H15ClN2O. The molecule has 90 valence electrons. The van der Waals surface area contributed by atoms with Crippen LogP contribution in [0, 0.1) is 17.2 Å². The molecule has 3 nitrogen and oxygen atoms in total. The minimum atomic E-state index is -0.0498. The fourth-order valence-corrected chi connectivity index (χ4v) is 1.89. The van der Waals surface area contributed by atoms with Gasteiger partial charge in [-0.3, -0.25) is 4.79 Å². The lowest BCUT2D eigenvalue weighted by Gasteiger charge is -2.21. The van der Waals surface area contributed by atoms with E-state index in [9.17, 15) is 4.79 Å². The number of ketones is 1. The van der Waals surface area contributed by atoms with Gasteiger partial charge >= 0.3 is 0 Å². The molecule has 0 saturated carbocycles. The molecule has 0 aromatic heterocycles. The highest BCUT2D eigenvalue weighted by atomic mass is 35.5. The zero-order valence-corrected chi connectivity index (χ0v) is 11.0. The summed E-state index contributed by atoms with van der Waals surface area (Å²) in [6.45, 7) is 3.98. The van der Waals surface area contributed by atoms with Crippen molar-refractivity contribution in [3.05, 3.63) is 28.8 Å². The molecule has 0 saturated heterocycles. The number of rotatable bonds is 4. The van der Waals surface area contributed by atoms with Gasteiger partial charge in [0.2, 0.25) is 0 Å². The molecule has 17 heavy (non-hydrogen) atoms. The van der Waals surface area contributed by atoms with Gasteiger partial charge in [0, 0.05) is 24.8 Å². The summed E-state index contributed by atoms with van der Waals surface area (Å²) < 4.78 is 0. The molecule has 0 N–H and O–H groups in total. The van der Waals surface area contributed by atoms with Crippen molar-refractivity contribution in [3.63, 3.8) is 0 Å². The number of Topliss-reactive ketones (excluding diaryl/α,β-unsaturated/α-hetero) is 1. The lowest BCUT2D eigenvalue weighted by Crippen LogP contribution is -2.23. The molecule has 0 spiro atoms. The first-order chi connectivity index (χ1) is 7.95. The molecule has 1 rings (SSSR count). The van der Waals surface area contributed by atoms with Crippen molar-refractivity contribution in [1.82, 2.24) is 0 Å². The molecule has 0 aliphatic heterocycles. The van der Waals surface area contributed by atoms with Crippen molar-refractivity contribution in [2.45, 2.75) is 13.8 Å². The predicted octanol–water partition coefficient (Wildman–Crippen LogP) is 3.14. The number of carbonyl (C=O) groups excluding carboxylic acids is 1. The average molecular weight is 251 g/mol. The maximum absolute atomic E-state index is 11.2. The second-order valence-corrected chi connectivity index (χ2v) is 4.54. The van der Waals surface area contributed by atoms with E-state index >= 15 is 0 Å². The minimum absolute atomic E-state index is 0.0467. The summed E-state index contributed by atoms with van der Waals surface area (Å²) in [6.07, 6.45) is 0. The van der Waals surface area contributed by atoms with E-state index in [1.54, 1.807) is 12.1 Å². The van der Waals surface area contributed by atoms with E-state index in [-0.39, 0.29) is 11.7 Å². The first-order valence-corrected chi connectivity index (χ1v) is 5.74. The number of nitrogens with zero attached hydrogens (tertiary/aromatic N) is 2. The van der Waals surface area contributed by atoms with Gasteiger partial charge in [-0.25, -0.2) is 0 Å². The Hall–Kier alpha value is -1.53. The molecule has 4 heteroatoms. The van der Waals surface area contributed by atoms with Crippen LogP contribution in [0.1, 0.15) is 24.2 Å². The molecule has 1 aromatic carbocycles. The van der Waals surface area contributed by atoms with Crippen LogP contribution in [0.25, 0.3) is 0 Å². The van der Waals surface area contributed by atoms with Gasteiger partial charge in [0.15, 0.2) is 5.78 Å². The van der Waals surface area contributed by atoms with Gasteiger partial charge in [0.1, 0.15) is 0 Å². The van der Waals surface area contributed by atoms with Crippen molar-refractivity contribution >= 4 is 23.1 Å². The van der Waals surface area contributed by atoms with Crippen molar-refractivity contribution in [2.75, 3.05) is 18.5 Å². The number of benzene rings is 1. The van der Waals surface area contributed by atoms with E-state index in [0.717, 1.165) is 5.69 Å². The van der Waals surface area contributed by atoms with Gasteiger partial charge < -0.3 is 4.90 Å². The molecular weight excluding hydrogens is 236 g/mol. The largest absolute Gasteiger partial charge is 0.373 e. The Kier molecular flexibility index (Phi) is 4.53. The standard InChI is InChI=1S/C13H15ClN2O/c1-9(7-15)8-16(3)11-4-5-12(10(2)17)13(14)6-11/h4-6,9H,8H2,1-3H3. The van der Waals surface area contributed by atoms with Gasteiger partial charge in [0.05, 0.1) is 17.0 Å². The first kappa shape index (κ1) is 13.5. The Morgan fingerprint density at radius 2 is 2.24 bits per heavy atom. The van der Waals surface area contributed by atoms with Gasteiger partial charge in [-0.1, -0.05) is 11.6 Å². The van der Waals surface area contributed by atoms with Gasteiger partial charge in [-0.2, -0.15) is 5.26 Å². The number of halogens is 1. The summed E-state index contributed by atoms with van der Waals surface area (Å²) in [6, 6.07) is 7.49. The third kappa shape index (κ3) is 3.47. The zero-order chi connectivity index (χ0) is 13.0. The van der Waals surface area contributed by atoms with Crippen molar-refractivity contribution < 1.29 is 4.79 Å². The maximum Gasteiger partial charge on any atom is 0.161 e. The van der Waals surface area contributed by atoms with Crippen LogP contribution >= 0.6 is 11.6 Å². The van der Waals surface area contributed by atoms with Crippen LogP contribution in [0.4, 0.5) is 5.69 Å². The fraction of sp³-hybridized carbons (Fsp3) is 0.385. The van der Waals surface area contributed by atoms with Crippen LogP contribution in [0.15, 0.2) is 18.2 Å². The Morgan fingerprint density at radius 3 is 2.71 bits per heavy atom. The highest BCUT2D eigenvalue weighted by Gasteiger charge is 2.10. The lowest BCUT2D eigenvalue weighted by atomic mass is 10.1. The third-order valence-electron chi connectivity index (χ3n) is 2.54. The molecule has 0 aliphatic rings. The highest BCUT2D eigenvalue weighted by molar-refractivity contribution is 6.34. The van der Waals surface area contributed by atoms with E-state index in [0.29, 0.717) is 17.1 Å². The second kappa shape index (κ2) is 5.70. The molecule has 0 fully saturated rings. The topological polar surface area (TPSA) is 44.1 Å². The molecule has 1 atom stereocenters. The predicted molar refractivity (Wildman–Crippen MR) is 69.5 cm³/mol. The van der Waals surface area contributed by atoms with Gasteiger partial charge in [-0.15, -0.1) is 0 Å². The van der Waals surface area contributed by atoms with Gasteiger partial charge in [0.25, 0.3) is 0 Å². The van der Waals surface area contributed by atoms with Crippen molar-refractivity contribution in [1.29, 1.82) is 5.26 Å². The summed E-state index contributed by atoms with van der Waals surface area (Å²) in [5, 5.41) is 9.21. The molecule has 0 radical (unpaired) electrons. The zero-order valence-electron chi connectivity index (χ0n) is 10.2. The number of hydrogen-bond donors (Lipinski definition) is 0. The molecule has 1 unspecified atom stereocenters. The SMILES string of the molecule is CC(=O)c1ccc(N(C)CC(C)C#N)cc1Cl. The number of hydrogen-bond acceptors (Lipinski definition) is 3. The van der Waals surface area contributed by atoms with E-state index in [2.05, 4.69) is 6.07 Å². The number of anilines is 1. The van der Waals surface area contributed by atoms with Crippen LogP contribution in [-0.2, 0) is 0 Å². The summed E-state index contributed by atoms with van der Waals surface area (Å²) in [4.78, 5) is 13.2. The third-order valence-corrected chi connectivity index (χ3v) is 2.85. The van der Waals surface area contributed by atoms with Crippen LogP contribution < -0.4 is 4.90 Å². The Morgan fingerprint density at radius 1 is 1.59 bits per heavy atom. The summed E-state index contributed by atoms with van der Waals surface area (Å²) in [7, 11) is 1.90. The fourth-order valence-electron chi connectivity index (χ4n) is 1.58. The Bertz CT molecular complexity index is 465. The number of carbonyl (C=O) groups is 1. The van der Waals surface area contributed by atoms with E-state index in [4.69, 9.17) is 16.9 Å². The lowest BCUT2D eigenvalue weighted by molar-refractivity contribution is 0.101. The minimum Gasteiger partial charge on any atom is -0.373 e. The summed E-state index contributed by atoms with van der Waals surface area (Å²) in [5.74, 6) is -0.0964. The Labute approximate surface area is 107 Å². The quantitative estimate of drug-likeness (QED) is 0.771. The van der Waals surface area contributed by atoms with Gasteiger partial charge in [-0.05, 0) is 32.0 Å². The first-order valence-electron chi connectivity index (χ1n) is 5.37. The van der Waals surface area contributed by atoms with Crippen molar-refractivity contribution in [2.24, 2.45) is 5.92 Å². The molecule has 0 bridgehead atoms. The van der Waals surface area contributed by atoms with E-state index in [1.807, 2.05) is 24.9 Å². The summed E-state index contributed by atoms with van der Waals surface area (Å²) in [5.41, 5.74) is 1.43. The van der Waals surface area contributed by atoms with Crippen LogP contribution in [0.2, 0.25) is 5.02 Å². The average Bonchev–Trinajstić information content (AvgIpc) is 2.28. The molecule has 1 aromatic rings.